The van der Waals surface area contributed by atoms with Crippen molar-refractivity contribution in [2.24, 2.45) is 0 Å². The zero-order valence-electron chi connectivity index (χ0n) is 8.73. The molecule has 0 N–H and O–H groups in total. The van der Waals surface area contributed by atoms with E-state index >= 15 is 0 Å². The van der Waals surface area contributed by atoms with Gasteiger partial charge in [0.15, 0.2) is 0 Å². The van der Waals surface area contributed by atoms with Gasteiger partial charge in [-0.25, -0.2) is 0 Å². The average Bonchev–Trinajstić information content (AvgIpc) is 2.27. The molecule has 0 aromatic rings. The molecule has 2 unspecified atom stereocenters. The van der Waals surface area contributed by atoms with Crippen molar-refractivity contribution in [1.29, 1.82) is 0 Å². The molecule has 1 fully saturated rings. The Kier molecular flexibility index (Phi) is 4.10. The van der Waals surface area contributed by atoms with E-state index in [0.29, 0.717) is 13.2 Å². The predicted molar refractivity (Wildman–Crippen MR) is 53.0 cm³/mol. The van der Waals surface area contributed by atoms with E-state index in [4.69, 9.17) is 9.47 Å². The lowest BCUT2D eigenvalue weighted by atomic mass is 10.1. The number of carbonyl (C=O) groups is 1. The highest BCUT2D eigenvalue weighted by molar-refractivity contribution is 5.76. The Morgan fingerprint density at radius 2 is 2.50 bits per heavy atom. The summed E-state index contributed by atoms with van der Waals surface area (Å²) >= 11 is 0. The van der Waals surface area contributed by atoms with Gasteiger partial charge >= 0.3 is 5.97 Å². The lowest BCUT2D eigenvalue weighted by Gasteiger charge is -2.36. The highest BCUT2D eigenvalue weighted by Crippen LogP contribution is 2.12. The maximum Gasteiger partial charge on any atom is 0.325 e. The normalized spacial score (nSPS) is 25.4. The highest BCUT2D eigenvalue weighted by atomic mass is 16.5. The number of nitrogens with zero attached hydrogens (tertiary/aromatic N) is 1. The number of methoxy groups -OCH3 is 1. The van der Waals surface area contributed by atoms with Crippen molar-refractivity contribution in [2.45, 2.75) is 19.0 Å². The van der Waals surface area contributed by atoms with Crippen LogP contribution >= 0.6 is 0 Å². The molecule has 0 bridgehead atoms. The molecule has 1 rings (SSSR count). The quantitative estimate of drug-likeness (QED) is 0.488. The van der Waals surface area contributed by atoms with Crippen LogP contribution in [0.25, 0.3) is 0 Å². The summed E-state index contributed by atoms with van der Waals surface area (Å²) in [5, 5.41) is 0. The van der Waals surface area contributed by atoms with Crippen LogP contribution in [0.4, 0.5) is 0 Å². The van der Waals surface area contributed by atoms with Crippen molar-refractivity contribution in [3.63, 3.8) is 0 Å². The molecule has 0 radical (unpaired) electrons. The third kappa shape index (κ3) is 2.33. The van der Waals surface area contributed by atoms with Crippen LogP contribution in [0.3, 0.4) is 0 Å². The third-order valence-electron chi connectivity index (χ3n) is 2.51. The van der Waals surface area contributed by atoms with Gasteiger partial charge in [-0.1, -0.05) is 6.08 Å². The molecule has 0 spiro atoms. The van der Waals surface area contributed by atoms with Crippen LogP contribution in [0.5, 0.6) is 0 Å². The van der Waals surface area contributed by atoms with Crippen LogP contribution in [0.2, 0.25) is 0 Å². The highest BCUT2D eigenvalue weighted by Gasteiger charge is 2.32. The van der Waals surface area contributed by atoms with Gasteiger partial charge in [0.05, 0.1) is 20.3 Å². The summed E-state index contributed by atoms with van der Waals surface area (Å²) < 4.78 is 9.97. The minimum absolute atomic E-state index is 0.169. The van der Waals surface area contributed by atoms with Gasteiger partial charge in [0.1, 0.15) is 6.04 Å². The second kappa shape index (κ2) is 5.12. The molecule has 4 heteroatoms. The smallest absolute Gasteiger partial charge is 0.325 e. The number of carbonyl (C=O) groups excluding carboxylic acids is 1. The fourth-order valence-corrected chi connectivity index (χ4v) is 1.58. The van der Waals surface area contributed by atoms with E-state index in [2.05, 4.69) is 6.58 Å². The Morgan fingerprint density at radius 3 is 3.07 bits per heavy atom. The maximum atomic E-state index is 11.4. The number of hydrogen-bond acceptors (Lipinski definition) is 4. The standard InChI is InChI=1S/C10H17NO3/c1-4-8(2)11-5-6-14-7-9(11)10(12)13-3/h4,8-9H,1,5-7H2,2-3H3. The summed E-state index contributed by atoms with van der Waals surface area (Å²) in [7, 11) is 1.40. The van der Waals surface area contributed by atoms with Crippen LogP contribution in [0.1, 0.15) is 6.92 Å². The largest absolute Gasteiger partial charge is 0.468 e. The molecule has 2 atom stereocenters. The van der Waals surface area contributed by atoms with Gasteiger partial charge in [0.25, 0.3) is 0 Å². The predicted octanol–water partition coefficient (Wildman–Crippen LogP) is 0.435. The maximum absolute atomic E-state index is 11.4. The second-order valence-corrected chi connectivity index (χ2v) is 3.33. The van der Waals surface area contributed by atoms with Crippen LogP contribution in [0.15, 0.2) is 12.7 Å². The van der Waals surface area contributed by atoms with Crippen molar-refractivity contribution in [1.82, 2.24) is 4.90 Å². The molecular formula is C10H17NO3. The van der Waals surface area contributed by atoms with Gasteiger partial charge in [-0.2, -0.15) is 0 Å². The molecule has 1 aliphatic rings. The molecule has 0 aromatic carbocycles. The molecule has 1 heterocycles. The topological polar surface area (TPSA) is 38.8 Å². The SMILES string of the molecule is C=CC(C)N1CCOCC1C(=O)OC. The number of morpholine rings is 1. The zero-order valence-corrected chi connectivity index (χ0v) is 8.73. The zero-order chi connectivity index (χ0) is 10.6. The van der Waals surface area contributed by atoms with Crippen LogP contribution in [0, 0.1) is 0 Å². The fraction of sp³-hybridized carbons (Fsp3) is 0.700. The minimum atomic E-state index is -0.290. The summed E-state index contributed by atoms with van der Waals surface area (Å²) in [5.74, 6) is -0.238. The van der Waals surface area contributed by atoms with Crippen molar-refractivity contribution >= 4 is 5.97 Å². The number of rotatable bonds is 3. The van der Waals surface area contributed by atoms with Crippen molar-refractivity contribution in [3.8, 4) is 0 Å². The number of ether oxygens (including phenoxy) is 2. The first-order valence-electron chi connectivity index (χ1n) is 4.74. The molecule has 80 valence electrons. The van der Waals surface area contributed by atoms with Crippen molar-refractivity contribution in [2.75, 3.05) is 26.9 Å². The van der Waals surface area contributed by atoms with Gasteiger partial charge in [0.2, 0.25) is 0 Å². The van der Waals surface area contributed by atoms with Crippen LogP contribution < -0.4 is 0 Å². The second-order valence-electron chi connectivity index (χ2n) is 3.33. The fourth-order valence-electron chi connectivity index (χ4n) is 1.58. The summed E-state index contributed by atoms with van der Waals surface area (Å²) in [6, 6.07) is -0.121. The van der Waals surface area contributed by atoms with E-state index in [1.165, 1.54) is 7.11 Å². The van der Waals surface area contributed by atoms with Gasteiger partial charge in [-0.3, -0.25) is 9.69 Å². The van der Waals surface area contributed by atoms with E-state index in [1.807, 2.05) is 17.9 Å². The van der Waals surface area contributed by atoms with E-state index in [0.717, 1.165) is 6.54 Å². The number of hydrogen-bond donors (Lipinski definition) is 0. The molecule has 0 aromatic heterocycles. The Hall–Kier alpha value is -0.870. The van der Waals surface area contributed by atoms with E-state index in [1.54, 1.807) is 0 Å². The van der Waals surface area contributed by atoms with Gasteiger partial charge < -0.3 is 9.47 Å². The summed E-state index contributed by atoms with van der Waals surface area (Å²) in [4.78, 5) is 13.5. The monoisotopic (exact) mass is 199 g/mol. The van der Waals surface area contributed by atoms with Gasteiger partial charge in [0, 0.05) is 12.6 Å². The Balaban J connectivity index is 2.67. The lowest BCUT2D eigenvalue weighted by Crippen LogP contribution is -2.53. The molecule has 0 aliphatic carbocycles. The van der Waals surface area contributed by atoms with Crippen molar-refractivity contribution in [3.05, 3.63) is 12.7 Å². The van der Waals surface area contributed by atoms with Gasteiger partial charge in [-0.05, 0) is 6.92 Å². The Morgan fingerprint density at radius 1 is 1.79 bits per heavy atom. The van der Waals surface area contributed by atoms with E-state index in [-0.39, 0.29) is 18.1 Å². The molecular weight excluding hydrogens is 182 g/mol. The average molecular weight is 199 g/mol. The van der Waals surface area contributed by atoms with E-state index in [9.17, 15) is 4.79 Å². The molecule has 0 saturated carbocycles. The lowest BCUT2D eigenvalue weighted by molar-refractivity contribution is -0.154. The van der Waals surface area contributed by atoms with Crippen LogP contribution in [-0.2, 0) is 14.3 Å². The molecule has 1 saturated heterocycles. The van der Waals surface area contributed by atoms with E-state index < -0.39 is 0 Å². The molecule has 1 aliphatic heterocycles. The molecule has 14 heavy (non-hydrogen) atoms. The van der Waals surface area contributed by atoms with Crippen molar-refractivity contribution < 1.29 is 14.3 Å². The summed E-state index contributed by atoms with van der Waals surface area (Å²) in [6.07, 6.45) is 1.82. The minimum Gasteiger partial charge on any atom is -0.468 e. The number of esters is 1. The molecule has 4 nitrogen and oxygen atoms in total. The first-order valence-corrected chi connectivity index (χ1v) is 4.74. The van der Waals surface area contributed by atoms with Crippen LogP contribution in [-0.4, -0.2) is 49.8 Å². The Labute approximate surface area is 84.5 Å². The molecule has 0 amide bonds. The summed E-state index contributed by atoms with van der Waals surface area (Å²) in [5.41, 5.74) is 0. The van der Waals surface area contributed by atoms with Gasteiger partial charge in [-0.15, -0.1) is 6.58 Å². The Bertz CT molecular complexity index is 217. The first kappa shape index (κ1) is 11.2. The summed E-state index contributed by atoms with van der Waals surface area (Å²) in [6.45, 7) is 7.54. The first-order chi connectivity index (χ1) is 6.70. The third-order valence-corrected chi connectivity index (χ3v) is 2.51.